The van der Waals surface area contributed by atoms with E-state index < -0.39 is 20.0 Å². The summed E-state index contributed by atoms with van der Waals surface area (Å²) in [6, 6.07) is -0.908. The maximum atomic E-state index is 12.9. The number of likely N-dealkylation sites (N-methyl/N-ethyl adjacent to an activating group) is 1. The van der Waals surface area contributed by atoms with Gasteiger partial charge in [0.05, 0.1) is 39.9 Å². The van der Waals surface area contributed by atoms with E-state index in [1.54, 1.807) is 6.08 Å². The molecule has 3 N–H and O–H groups in total. The summed E-state index contributed by atoms with van der Waals surface area (Å²) < 4.78 is 23.5. The van der Waals surface area contributed by atoms with Crippen LogP contribution in [0.15, 0.2) is 122 Å². The lowest BCUT2D eigenvalue weighted by Gasteiger charge is -2.25. The van der Waals surface area contributed by atoms with Gasteiger partial charge in [0, 0.05) is 6.42 Å². The number of phosphoric acid groups is 1. The second-order valence-corrected chi connectivity index (χ2v) is 17.5. The SMILES string of the molecule is CC/C=C\C/C=C\C/C=C\C/C=C\C/C=C\C/C=C\C/C=C\CCCC(=O)NC(COP(=O)(O)OCC[N+](C)(C)C)C(O)/C=C/CC/C=C/CC/C=C/CCCCCCC. The molecule has 0 aromatic carbocycles. The highest BCUT2D eigenvalue weighted by Crippen LogP contribution is 2.43. The van der Waals surface area contributed by atoms with Crippen LogP contribution >= 0.6 is 7.82 Å². The molecular weight excluding hydrogens is 768 g/mol. The van der Waals surface area contributed by atoms with Crippen molar-refractivity contribution in [1.29, 1.82) is 0 Å². The molecule has 0 saturated heterocycles. The highest BCUT2D eigenvalue weighted by Gasteiger charge is 2.27. The summed E-state index contributed by atoms with van der Waals surface area (Å²) in [5.74, 6) is -0.256. The summed E-state index contributed by atoms with van der Waals surface area (Å²) in [6.45, 7) is 4.57. The number of carbonyl (C=O) groups excluding carboxylic acids is 1. The topological polar surface area (TPSA) is 105 Å². The molecule has 0 heterocycles. The first-order chi connectivity index (χ1) is 29.0. The largest absolute Gasteiger partial charge is 0.472 e. The predicted molar refractivity (Wildman–Crippen MR) is 258 cm³/mol. The second-order valence-electron chi connectivity index (χ2n) is 16.0. The van der Waals surface area contributed by atoms with E-state index in [1.165, 1.54) is 32.1 Å². The molecule has 3 atom stereocenters. The fraction of sp³-hybridized carbons (Fsp3) is 0.588. The van der Waals surface area contributed by atoms with E-state index in [1.807, 2.05) is 27.2 Å². The van der Waals surface area contributed by atoms with Crippen molar-refractivity contribution in [3.63, 3.8) is 0 Å². The van der Waals surface area contributed by atoms with Crippen LogP contribution < -0.4 is 5.32 Å². The Hall–Kier alpha value is -3.10. The average molecular weight is 854 g/mol. The molecular formula is C51H86N2O6P+. The standard InChI is InChI=1S/C51H85N2O6P/c1-6-8-10-12-14-16-18-20-22-23-24-25-26-27-28-29-31-33-35-37-39-41-43-45-51(55)52-49(48-59-60(56,57)58-47-46-53(3,4)5)50(54)44-42-40-38-36-34-32-30-21-19-17-15-13-11-9-7-2/h8,10,14,16,19-22,24-25,27-28,31,33-34,36-37,39,42,44,49-50,54H,6-7,9,11-13,15,17-18,23,26,29-30,32,35,38,40-41,43,45-48H2,1-5H3,(H-,52,55,56,57)/p+1/b10-8-,16-14-,21-19+,22-20-,25-24-,28-27-,33-31-,36-34+,39-37-,44-42+. The fourth-order valence-corrected chi connectivity index (χ4v) is 6.27. The number of nitrogens with zero attached hydrogens (tertiary/aromatic N) is 1. The van der Waals surface area contributed by atoms with Gasteiger partial charge in [-0.25, -0.2) is 4.57 Å². The number of rotatable bonds is 39. The smallest absolute Gasteiger partial charge is 0.387 e. The molecule has 1 amide bonds. The van der Waals surface area contributed by atoms with Crippen molar-refractivity contribution in [1.82, 2.24) is 5.32 Å². The van der Waals surface area contributed by atoms with Gasteiger partial charge in [0.15, 0.2) is 0 Å². The van der Waals surface area contributed by atoms with Crippen molar-refractivity contribution in [2.75, 3.05) is 40.9 Å². The molecule has 0 aliphatic rings. The summed E-state index contributed by atoms with van der Waals surface area (Å²) in [5, 5.41) is 13.8. The first-order valence-electron chi connectivity index (χ1n) is 22.9. The highest BCUT2D eigenvalue weighted by molar-refractivity contribution is 7.47. The zero-order valence-electron chi connectivity index (χ0n) is 38.4. The zero-order chi connectivity index (χ0) is 44.3. The van der Waals surface area contributed by atoms with Gasteiger partial charge in [-0.15, -0.1) is 0 Å². The van der Waals surface area contributed by atoms with E-state index in [2.05, 4.69) is 129 Å². The van der Waals surface area contributed by atoms with Crippen LogP contribution in [0.1, 0.15) is 142 Å². The van der Waals surface area contributed by atoms with E-state index in [4.69, 9.17) is 9.05 Å². The molecule has 0 spiro atoms. The van der Waals surface area contributed by atoms with Gasteiger partial charge in [0.2, 0.25) is 5.91 Å². The Kier molecular flexibility index (Phi) is 39.1. The molecule has 8 nitrogen and oxygen atoms in total. The maximum Gasteiger partial charge on any atom is 0.472 e. The number of amides is 1. The number of hydrogen-bond donors (Lipinski definition) is 3. The van der Waals surface area contributed by atoms with Gasteiger partial charge in [-0.1, -0.05) is 161 Å². The van der Waals surface area contributed by atoms with Crippen molar-refractivity contribution < 1.29 is 32.9 Å². The number of carbonyl (C=O) groups is 1. The molecule has 60 heavy (non-hydrogen) atoms. The third kappa shape index (κ3) is 43.0. The first-order valence-corrected chi connectivity index (χ1v) is 24.4. The Morgan fingerprint density at radius 2 is 1.02 bits per heavy atom. The molecule has 0 aliphatic carbocycles. The third-order valence-electron chi connectivity index (χ3n) is 9.14. The summed E-state index contributed by atoms with van der Waals surface area (Å²) >= 11 is 0. The van der Waals surface area contributed by atoms with Gasteiger partial charge < -0.3 is 19.8 Å². The summed E-state index contributed by atoms with van der Waals surface area (Å²) in [7, 11) is 1.48. The van der Waals surface area contributed by atoms with Gasteiger partial charge in [-0.2, -0.15) is 0 Å². The number of phosphoric ester groups is 1. The van der Waals surface area contributed by atoms with Crippen LogP contribution in [0.5, 0.6) is 0 Å². The number of allylic oxidation sites excluding steroid dienone is 19. The van der Waals surface area contributed by atoms with Crippen LogP contribution in [0.2, 0.25) is 0 Å². The van der Waals surface area contributed by atoms with Crippen molar-refractivity contribution in [3.05, 3.63) is 122 Å². The Labute approximate surface area is 367 Å². The lowest BCUT2D eigenvalue weighted by Crippen LogP contribution is -2.45. The first kappa shape index (κ1) is 56.9. The Morgan fingerprint density at radius 3 is 1.52 bits per heavy atom. The molecule has 0 saturated carbocycles. The minimum absolute atomic E-state index is 0.0350. The zero-order valence-corrected chi connectivity index (χ0v) is 39.3. The summed E-state index contributed by atoms with van der Waals surface area (Å²) in [5.41, 5.74) is 0. The second kappa shape index (κ2) is 41.3. The molecule has 0 aromatic heterocycles. The predicted octanol–water partition coefficient (Wildman–Crippen LogP) is 13.1. The van der Waals surface area contributed by atoms with Crippen LogP contribution in [0.25, 0.3) is 0 Å². The highest BCUT2D eigenvalue weighted by atomic mass is 31.2. The molecule has 0 radical (unpaired) electrons. The number of aliphatic hydroxyl groups excluding tert-OH is 1. The Balaban J connectivity index is 4.60. The van der Waals surface area contributed by atoms with E-state index >= 15 is 0 Å². The molecule has 0 aromatic rings. The molecule has 0 bridgehead atoms. The van der Waals surface area contributed by atoms with Crippen LogP contribution in [0.3, 0.4) is 0 Å². The van der Waals surface area contributed by atoms with Crippen LogP contribution in [-0.2, 0) is 18.4 Å². The monoisotopic (exact) mass is 854 g/mol. The Bertz CT molecular complexity index is 1380. The van der Waals surface area contributed by atoms with E-state index in [0.29, 0.717) is 17.4 Å². The minimum Gasteiger partial charge on any atom is -0.387 e. The number of quaternary nitrogens is 1. The van der Waals surface area contributed by atoms with E-state index in [9.17, 15) is 19.4 Å². The van der Waals surface area contributed by atoms with Gasteiger partial charge in [0.1, 0.15) is 13.2 Å². The third-order valence-corrected chi connectivity index (χ3v) is 10.1. The van der Waals surface area contributed by atoms with Crippen LogP contribution in [0.4, 0.5) is 0 Å². The lowest BCUT2D eigenvalue weighted by atomic mass is 10.1. The number of hydrogen-bond acceptors (Lipinski definition) is 5. The van der Waals surface area contributed by atoms with E-state index in [-0.39, 0.29) is 25.5 Å². The van der Waals surface area contributed by atoms with Crippen molar-refractivity contribution in [3.8, 4) is 0 Å². The van der Waals surface area contributed by atoms with Crippen LogP contribution in [0, 0.1) is 0 Å². The van der Waals surface area contributed by atoms with Crippen molar-refractivity contribution in [2.45, 2.75) is 154 Å². The fourth-order valence-electron chi connectivity index (χ4n) is 5.53. The molecule has 0 aliphatic heterocycles. The molecule has 0 rings (SSSR count). The van der Waals surface area contributed by atoms with Gasteiger partial charge in [-0.3, -0.25) is 13.8 Å². The van der Waals surface area contributed by atoms with Gasteiger partial charge in [0.25, 0.3) is 0 Å². The van der Waals surface area contributed by atoms with Crippen LogP contribution in [-0.4, -0.2) is 73.4 Å². The molecule has 3 unspecified atom stereocenters. The number of aliphatic hydroxyl groups is 1. The Morgan fingerprint density at radius 1 is 0.583 bits per heavy atom. The quantitative estimate of drug-likeness (QED) is 0.0246. The lowest BCUT2D eigenvalue weighted by molar-refractivity contribution is -0.870. The normalized spacial score (nSPS) is 15.4. The van der Waals surface area contributed by atoms with E-state index in [0.717, 1.165) is 83.5 Å². The van der Waals surface area contributed by atoms with Gasteiger partial charge >= 0.3 is 7.82 Å². The summed E-state index contributed by atoms with van der Waals surface area (Å²) in [4.78, 5) is 23.1. The average Bonchev–Trinajstić information content (AvgIpc) is 3.20. The van der Waals surface area contributed by atoms with Crippen molar-refractivity contribution >= 4 is 13.7 Å². The number of nitrogens with one attached hydrogen (secondary N) is 1. The molecule has 0 fully saturated rings. The minimum atomic E-state index is -4.38. The van der Waals surface area contributed by atoms with Crippen molar-refractivity contribution in [2.24, 2.45) is 0 Å². The van der Waals surface area contributed by atoms with Gasteiger partial charge in [-0.05, 0) is 96.3 Å². The maximum absolute atomic E-state index is 12.9. The molecule has 340 valence electrons. The molecule has 9 heteroatoms. The number of unbranched alkanes of at least 4 members (excludes halogenated alkanes) is 8. The summed E-state index contributed by atoms with van der Waals surface area (Å²) in [6.07, 6.45) is 61.4.